The van der Waals surface area contributed by atoms with Crippen LogP contribution in [0.2, 0.25) is 0 Å². The number of nitrogens with zero attached hydrogens (tertiary/aromatic N) is 4. The quantitative estimate of drug-likeness (QED) is 0.515. The van der Waals surface area contributed by atoms with Crippen LogP contribution in [0.5, 0.6) is 0 Å². The minimum Gasteiger partial charge on any atom is -0.461 e. The average molecular weight is 408 g/mol. The standard InChI is InChI=1S/C21H20N4O3S/c1-15-6-8-17(9-7-15)29(26,27)24-12-10-16(14-24)25-20-18(4-2-11-22-20)23-21(25)19-5-3-13-28-19/h2-9,11,13,16H,10,12,14H2,1H3/t16-/m1/s1. The molecule has 4 aromatic rings. The Morgan fingerprint density at radius 3 is 2.69 bits per heavy atom. The van der Waals surface area contributed by atoms with E-state index in [0.29, 0.717) is 36.0 Å². The van der Waals surface area contributed by atoms with E-state index in [0.717, 1.165) is 16.7 Å². The summed E-state index contributed by atoms with van der Waals surface area (Å²) >= 11 is 0. The molecule has 148 valence electrons. The van der Waals surface area contributed by atoms with E-state index >= 15 is 0 Å². The molecule has 1 aliphatic rings. The van der Waals surface area contributed by atoms with Crippen molar-refractivity contribution in [1.82, 2.24) is 18.8 Å². The second-order valence-electron chi connectivity index (χ2n) is 7.25. The molecule has 0 saturated carbocycles. The van der Waals surface area contributed by atoms with Crippen LogP contribution < -0.4 is 0 Å². The molecular weight excluding hydrogens is 388 g/mol. The number of aryl methyl sites for hydroxylation is 1. The first kappa shape index (κ1) is 18.1. The van der Waals surface area contributed by atoms with E-state index in [1.807, 2.05) is 47.9 Å². The molecule has 1 fully saturated rings. The van der Waals surface area contributed by atoms with E-state index in [1.165, 1.54) is 0 Å². The summed E-state index contributed by atoms with van der Waals surface area (Å²) in [6, 6.07) is 14.3. The van der Waals surface area contributed by atoms with Gasteiger partial charge in [0.1, 0.15) is 5.52 Å². The van der Waals surface area contributed by atoms with E-state index in [2.05, 4.69) is 4.98 Å². The zero-order valence-corrected chi connectivity index (χ0v) is 16.7. The summed E-state index contributed by atoms with van der Waals surface area (Å²) in [6.07, 6.45) is 4.01. The van der Waals surface area contributed by atoms with Crippen LogP contribution in [0.3, 0.4) is 0 Å². The molecule has 1 aromatic carbocycles. The van der Waals surface area contributed by atoms with Crippen LogP contribution in [0.15, 0.2) is 70.3 Å². The summed E-state index contributed by atoms with van der Waals surface area (Å²) in [6.45, 7) is 2.76. The molecule has 4 heterocycles. The van der Waals surface area contributed by atoms with Crippen molar-refractivity contribution in [3.63, 3.8) is 0 Å². The Bertz CT molecular complexity index is 1260. The van der Waals surface area contributed by atoms with Crippen molar-refractivity contribution in [1.29, 1.82) is 0 Å². The lowest BCUT2D eigenvalue weighted by Gasteiger charge is -2.18. The fourth-order valence-corrected chi connectivity index (χ4v) is 5.35. The third-order valence-electron chi connectivity index (χ3n) is 5.34. The predicted octanol–water partition coefficient (Wildman–Crippen LogP) is 3.64. The maximum absolute atomic E-state index is 13.1. The highest BCUT2D eigenvalue weighted by molar-refractivity contribution is 7.89. The van der Waals surface area contributed by atoms with Crippen LogP contribution in [-0.2, 0) is 10.0 Å². The van der Waals surface area contributed by atoms with Gasteiger partial charge in [-0.3, -0.25) is 0 Å². The molecule has 1 aliphatic heterocycles. The van der Waals surface area contributed by atoms with Crippen LogP contribution >= 0.6 is 0 Å². The Balaban J connectivity index is 1.53. The topological polar surface area (TPSA) is 81.2 Å². The van der Waals surface area contributed by atoms with Gasteiger partial charge in [0, 0.05) is 19.3 Å². The third-order valence-corrected chi connectivity index (χ3v) is 7.22. The first-order chi connectivity index (χ1) is 14.0. The summed E-state index contributed by atoms with van der Waals surface area (Å²) in [4.78, 5) is 9.52. The second kappa shape index (κ2) is 6.82. The highest BCUT2D eigenvalue weighted by atomic mass is 32.2. The number of hydrogen-bond acceptors (Lipinski definition) is 5. The van der Waals surface area contributed by atoms with Crippen molar-refractivity contribution in [3.05, 3.63) is 66.6 Å². The van der Waals surface area contributed by atoms with E-state index in [1.54, 1.807) is 28.9 Å². The molecule has 1 atom stereocenters. The summed E-state index contributed by atoms with van der Waals surface area (Å²) in [5, 5.41) is 0. The van der Waals surface area contributed by atoms with Crippen molar-refractivity contribution in [2.45, 2.75) is 24.3 Å². The number of fused-ring (bicyclic) bond motifs is 1. The van der Waals surface area contributed by atoms with Crippen molar-refractivity contribution in [2.24, 2.45) is 0 Å². The molecule has 0 unspecified atom stereocenters. The number of imidazole rings is 1. The van der Waals surface area contributed by atoms with Gasteiger partial charge in [-0.05, 0) is 49.7 Å². The van der Waals surface area contributed by atoms with Crippen LogP contribution in [0, 0.1) is 6.92 Å². The number of rotatable bonds is 4. The lowest BCUT2D eigenvalue weighted by molar-refractivity contribution is 0.453. The van der Waals surface area contributed by atoms with Gasteiger partial charge < -0.3 is 8.98 Å². The summed E-state index contributed by atoms with van der Waals surface area (Å²) < 4.78 is 35.3. The molecule has 8 heteroatoms. The largest absolute Gasteiger partial charge is 0.461 e. The van der Waals surface area contributed by atoms with Crippen molar-refractivity contribution in [3.8, 4) is 11.6 Å². The van der Waals surface area contributed by atoms with Gasteiger partial charge in [0.2, 0.25) is 10.0 Å². The number of pyridine rings is 1. The minimum atomic E-state index is -3.54. The molecular formula is C21H20N4O3S. The summed E-state index contributed by atoms with van der Waals surface area (Å²) in [5.41, 5.74) is 2.53. The Labute approximate surface area is 168 Å². The van der Waals surface area contributed by atoms with Gasteiger partial charge in [-0.1, -0.05) is 17.7 Å². The Morgan fingerprint density at radius 2 is 1.93 bits per heavy atom. The number of benzene rings is 1. The molecule has 5 rings (SSSR count). The van der Waals surface area contributed by atoms with Gasteiger partial charge in [-0.2, -0.15) is 4.31 Å². The van der Waals surface area contributed by atoms with Gasteiger partial charge in [-0.15, -0.1) is 0 Å². The molecule has 0 radical (unpaired) electrons. The van der Waals surface area contributed by atoms with Gasteiger partial charge in [-0.25, -0.2) is 18.4 Å². The maximum Gasteiger partial charge on any atom is 0.243 e. The molecule has 0 amide bonds. The van der Waals surface area contributed by atoms with Crippen LogP contribution in [0.1, 0.15) is 18.0 Å². The van der Waals surface area contributed by atoms with Crippen molar-refractivity contribution >= 4 is 21.2 Å². The zero-order valence-electron chi connectivity index (χ0n) is 15.9. The first-order valence-electron chi connectivity index (χ1n) is 9.48. The Kier molecular flexibility index (Phi) is 4.25. The number of aromatic nitrogens is 3. The Morgan fingerprint density at radius 1 is 1.10 bits per heavy atom. The highest BCUT2D eigenvalue weighted by Gasteiger charge is 2.35. The van der Waals surface area contributed by atoms with Gasteiger partial charge in [0.05, 0.1) is 17.2 Å². The monoisotopic (exact) mass is 408 g/mol. The lowest BCUT2D eigenvalue weighted by atomic mass is 10.2. The van der Waals surface area contributed by atoms with Crippen LogP contribution in [0.25, 0.3) is 22.7 Å². The fourth-order valence-electron chi connectivity index (χ4n) is 3.85. The summed E-state index contributed by atoms with van der Waals surface area (Å²) in [7, 11) is -3.54. The highest BCUT2D eigenvalue weighted by Crippen LogP contribution is 2.34. The van der Waals surface area contributed by atoms with E-state index in [-0.39, 0.29) is 6.04 Å². The number of hydrogen-bond donors (Lipinski definition) is 0. The molecule has 0 aliphatic carbocycles. The lowest BCUT2D eigenvalue weighted by Crippen LogP contribution is -2.29. The number of sulfonamides is 1. The first-order valence-corrected chi connectivity index (χ1v) is 10.9. The van der Waals surface area contributed by atoms with E-state index in [9.17, 15) is 8.42 Å². The Hall–Kier alpha value is -2.97. The second-order valence-corrected chi connectivity index (χ2v) is 9.19. The fraction of sp³-hybridized carbons (Fsp3) is 0.238. The smallest absolute Gasteiger partial charge is 0.243 e. The molecule has 29 heavy (non-hydrogen) atoms. The minimum absolute atomic E-state index is 0.0739. The molecule has 7 nitrogen and oxygen atoms in total. The SMILES string of the molecule is Cc1ccc(S(=O)(=O)N2CC[C@@H](n3c(-c4ccco4)nc4cccnc43)C2)cc1. The van der Waals surface area contributed by atoms with Gasteiger partial charge in [0.25, 0.3) is 0 Å². The van der Waals surface area contributed by atoms with Gasteiger partial charge in [0.15, 0.2) is 17.2 Å². The van der Waals surface area contributed by atoms with Crippen LogP contribution in [-0.4, -0.2) is 40.3 Å². The molecule has 0 N–H and O–H groups in total. The van der Waals surface area contributed by atoms with Crippen LogP contribution in [0.4, 0.5) is 0 Å². The molecule has 3 aromatic heterocycles. The number of furan rings is 1. The van der Waals surface area contributed by atoms with E-state index in [4.69, 9.17) is 9.40 Å². The predicted molar refractivity (Wildman–Crippen MR) is 109 cm³/mol. The van der Waals surface area contributed by atoms with Gasteiger partial charge >= 0.3 is 0 Å². The van der Waals surface area contributed by atoms with Crippen molar-refractivity contribution < 1.29 is 12.8 Å². The normalized spacial score (nSPS) is 17.9. The zero-order chi connectivity index (χ0) is 20.0. The maximum atomic E-state index is 13.1. The third kappa shape index (κ3) is 3.04. The molecule has 1 saturated heterocycles. The summed E-state index contributed by atoms with van der Waals surface area (Å²) in [5.74, 6) is 1.31. The van der Waals surface area contributed by atoms with E-state index < -0.39 is 10.0 Å². The average Bonchev–Trinajstić information content (AvgIpc) is 3.46. The molecule has 0 bridgehead atoms. The molecule has 0 spiro atoms. The van der Waals surface area contributed by atoms with Crippen molar-refractivity contribution in [2.75, 3.05) is 13.1 Å².